The number of thioether (sulfide) groups is 1. The van der Waals surface area contributed by atoms with E-state index in [1.165, 1.54) is 5.56 Å². The summed E-state index contributed by atoms with van der Waals surface area (Å²) in [6.45, 7) is 9.00. The van der Waals surface area contributed by atoms with Gasteiger partial charge < -0.3 is 13.9 Å². The Morgan fingerprint density at radius 3 is 2.33 bits per heavy atom. The molecule has 0 saturated carbocycles. The first-order valence-corrected chi connectivity index (χ1v) is 10.3. The van der Waals surface area contributed by atoms with Crippen molar-refractivity contribution in [3.05, 3.63) is 48.3 Å². The van der Waals surface area contributed by atoms with Gasteiger partial charge in [-0.1, -0.05) is 30.3 Å². The normalized spacial score (nSPS) is 18.3. The molecule has 1 fully saturated rings. The summed E-state index contributed by atoms with van der Waals surface area (Å²) in [7, 11) is -0.442. The fourth-order valence-corrected chi connectivity index (χ4v) is 3.84. The second kappa shape index (κ2) is 6.65. The lowest BCUT2D eigenvalue weighted by Gasteiger charge is -2.32. The molecular formula is C20H24BN3O2S. The molecule has 140 valence electrons. The van der Waals surface area contributed by atoms with Crippen LogP contribution in [0.3, 0.4) is 0 Å². The first kappa shape index (κ1) is 18.5. The largest absolute Gasteiger partial charge is 0.512 e. The SMILES string of the molecule is CSc1ncnc2c1cc(B1OC(C)(C)C(C)(C)O1)n2Cc1ccccc1. The number of nitrogens with zero attached hydrogens (tertiary/aromatic N) is 3. The van der Waals surface area contributed by atoms with Crippen LogP contribution < -0.4 is 5.59 Å². The van der Waals surface area contributed by atoms with Gasteiger partial charge in [-0.05, 0) is 45.6 Å². The van der Waals surface area contributed by atoms with Crippen LogP contribution in [0, 0.1) is 0 Å². The maximum atomic E-state index is 6.33. The fourth-order valence-electron chi connectivity index (χ4n) is 3.31. The van der Waals surface area contributed by atoms with Gasteiger partial charge in [-0.25, -0.2) is 9.97 Å². The topological polar surface area (TPSA) is 49.2 Å². The van der Waals surface area contributed by atoms with Gasteiger partial charge >= 0.3 is 7.12 Å². The lowest BCUT2D eigenvalue weighted by atomic mass is 9.84. The van der Waals surface area contributed by atoms with Gasteiger partial charge in [0.1, 0.15) is 17.0 Å². The molecule has 1 saturated heterocycles. The van der Waals surface area contributed by atoms with E-state index >= 15 is 0 Å². The van der Waals surface area contributed by atoms with Crippen molar-refractivity contribution in [2.24, 2.45) is 0 Å². The van der Waals surface area contributed by atoms with Crippen molar-refractivity contribution in [2.45, 2.75) is 50.5 Å². The average molecular weight is 381 g/mol. The highest BCUT2D eigenvalue weighted by molar-refractivity contribution is 7.98. The molecule has 0 N–H and O–H groups in total. The van der Waals surface area contributed by atoms with Crippen molar-refractivity contribution in [2.75, 3.05) is 6.26 Å². The molecule has 3 aromatic rings. The third-order valence-corrected chi connectivity index (χ3v) is 6.27. The van der Waals surface area contributed by atoms with Gasteiger partial charge in [0.25, 0.3) is 0 Å². The van der Waals surface area contributed by atoms with Crippen LogP contribution in [-0.2, 0) is 15.9 Å². The summed E-state index contributed by atoms with van der Waals surface area (Å²) in [4.78, 5) is 9.01. The second-order valence-electron chi connectivity index (χ2n) is 7.85. The molecule has 1 aromatic carbocycles. The number of hydrogen-bond donors (Lipinski definition) is 0. The average Bonchev–Trinajstić information content (AvgIpc) is 3.10. The van der Waals surface area contributed by atoms with E-state index in [1.807, 2.05) is 12.3 Å². The first-order chi connectivity index (χ1) is 12.8. The third-order valence-electron chi connectivity index (χ3n) is 5.56. The Labute approximate surface area is 164 Å². The number of rotatable bonds is 4. The molecular weight excluding hydrogens is 357 g/mol. The Hall–Kier alpha value is -1.83. The van der Waals surface area contributed by atoms with Crippen molar-refractivity contribution in [1.29, 1.82) is 0 Å². The van der Waals surface area contributed by atoms with Crippen LogP contribution in [0.4, 0.5) is 0 Å². The summed E-state index contributed by atoms with van der Waals surface area (Å²) in [5, 5.41) is 2.00. The molecule has 7 heteroatoms. The Balaban J connectivity index is 1.85. The van der Waals surface area contributed by atoms with Crippen LogP contribution in [-0.4, -0.2) is 39.1 Å². The van der Waals surface area contributed by atoms with Crippen LogP contribution in [0.15, 0.2) is 47.8 Å². The zero-order chi connectivity index (χ0) is 19.2. The summed E-state index contributed by atoms with van der Waals surface area (Å²) in [6.07, 6.45) is 3.66. The lowest BCUT2D eigenvalue weighted by molar-refractivity contribution is 0.00578. The minimum Gasteiger partial charge on any atom is -0.398 e. The lowest BCUT2D eigenvalue weighted by Crippen LogP contribution is -2.41. The Morgan fingerprint density at radius 2 is 1.70 bits per heavy atom. The zero-order valence-electron chi connectivity index (χ0n) is 16.4. The fraction of sp³-hybridized carbons (Fsp3) is 0.400. The maximum absolute atomic E-state index is 6.33. The molecule has 2 aromatic heterocycles. The molecule has 0 atom stereocenters. The van der Waals surface area contributed by atoms with Crippen molar-refractivity contribution in [1.82, 2.24) is 14.5 Å². The zero-order valence-corrected chi connectivity index (χ0v) is 17.2. The van der Waals surface area contributed by atoms with E-state index in [2.05, 4.69) is 72.6 Å². The summed E-state index contributed by atoms with van der Waals surface area (Å²) in [6, 6.07) is 12.5. The summed E-state index contributed by atoms with van der Waals surface area (Å²) < 4.78 is 14.9. The first-order valence-electron chi connectivity index (χ1n) is 9.10. The van der Waals surface area contributed by atoms with E-state index in [4.69, 9.17) is 9.31 Å². The van der Waals surface area contributed by atoms with Crippen LogP contribution in [0.25, 0.3) is 11.0 Å². The monoisotopic (exact) mass is 381 g/mol. The molecule has 5 nitrogen and oxygen atoms in total. The number of hydrogen-bond acceptors (Lipinski definition) is 5. The minimum atomic E-state index is -0.442. The molecule has 1 aliphatic rings. The number of aromatic nitrogens is 3. The molecule has 3 heterocycles. The molecule has 0 radical (unpaired) electrons. The summed E-state index contributed by atoms with van der Waals surface area (Å²) in [5.74, 6) is 0. The highest BCUT2D eigenvalue weighted by Gasteiger charge is 2.52. The van der Waals surface area contributed by atoms with E-state index in [0.29, 0.717) is 6.54 Å². The van der Waals surface area contributed by atoms with Crippen molar-refractivity contribution in [3.8, 4) is 0 Å². The molecule has 0 aliphatic carbocycles. The van der Waals surface area contributed by atoms with Gasteiger partial charge in [0.15, 0.2) is 0 Å². The van der Waals surface area contributed by atoms with E-state index < -0.39 is 7.12 Å². The van der Waals surface area contributed by atoms with Gasteiger partial charge in [0, 0.05) is 6.54 Å². The predicted octanol–water partition coefficient (Wildman–Crippen LogP) is 3.50. The molecule has 0 unspecified atom stereocenters. The molecule has 0 amide bonds. The van der Waals surface area contributed by atoms with Gasteiger partial charge in [0.05, 0.1) is 22.2 Å². The molecule has 27 heavy (non-hydrogen) atoms. The smallest absolute Gasteiger partial charge is 0.398 e. The van der Waals surface area contributed by atoms with E-state index in [-0.39, 0.29) is 11.2 Å². The maximum Gasteiger partial charge on any atom is 0.512 e. The Morgan fingerprint density at radius 1 is 1.04 bits per heavy atom. The van der Waals surface area contributed by atoms with Gasteiger partial charge in [-0.3, -0.25) is 0 Å². The summed E-state index contributed by atoms with van der Waals surface area (Å²) >= 11 is 1.62. The van der Waals surface area contributed by atoms with Crippen LogP contribution in [0.2, 0.25) is 0 Å². The summed E-state index contributed by atoms with van der Waals surface area (Å²) in [5.41, 5.74) is 2.31. The highest BCUT2D eigenvalue weighted by atomic mass is 32.2. The number of fused-ring (bicyclic) bond motifs is 1. The molecule has 1 aliphatic heterocycles. The van der Waals surface area contributed by atoms with Crippen LogP contribution >= 0.6 is 11.8 Å². The Bertz CT molecular complexity index is 956. The van der Waals surface area contributed by atoms with Crippen molar-refractivity contribution < 1.29 is 9.31 Å². The van der Waals surface area contributed by atoms with Gasteiger partial charge in [-0.2, -0.15) is 0 Å². The van der Waals surface area contributed by atoms with Crippen molar-refractivity contribution in [3.63, 3.8) is 0 Å². The molecule has 0 spiro atoms. The van der Waals surface area contributed by atoms with Crippen molar-refractivity contribution >= 4 is 35.5 Å². The van der Waals surface area contributed by atoms with Crippen LogP contribution in [0.5, 0.6) is 0 Å². The van der Waals surface area contributed by atoms with E-state index in [0.717, 1.165) is 21.7 Å². The Kier molecular flexibility index (Phi) is 4.57. The quantitative estimate of drug-likeness (QED) is 0.393. The third kappa shape index (κ3) is 3.18. The number of benzene rings is 1. The van der Waals surface area contributed by atoms with Gasteiger partial charge in [-0.15, -0.1) is 11.8 Å². The second-order valence-corrected chi connectivity index (χ2v) is 8.64. The molecule has 0 bridgehead atoms. The van der Waals surface area contributed by atoms with Crippen LogP contribution in [0.1, 0.15) is 33.3 Å². The highest BCUT2D eigenvalue weighted by Crippen LogP contribution is 2.37. The predicted molar refractivity (Wildman–Crippen MR) is 111 cm³/mol. The minimum absolute atomic E-state index is 0.389. The van der Waals surface area contributed by atoms with Gasteiger partial charge in [0.2, 0.25) is 0 Å². The van der Waals surface area contributed by atoms with E-state index in [1.54, 1.807) is 18.1 Å². The van der Waals surface area contributed by atoms with E-state index in [9.17, 15) is 0 Å². The molecule has 4 rings (SSSR count). The standard InChI is InChI=1S/C20H24BN3O2S/c1-19(2)20(3,4)26-21(25-19)16-11-15-17(22-13-23-18(15)27-5)24(16)12-14-9-7-6-8-10-14/h6-11,13H,12H2,1-5H3.